The van der Waals surface area contributed by atoms with Crippen LogP contribution in [0.1, 0.15) is 39.2 Å². The van der Waals surface area contributed by atoms with Crippen molar-refractivity contribution in [1.29, 1.82) is 0 Å². The summed E-state index contributed by atoms with van der Waals surface area (Å²) >= 11 is 1.58. The molecule has 2 aliphatic rings. The number of aryl methyl sites for hydroxylation is 2. The third-order valence-electron chi connectivity index (χ3n) is 5.95. The number of piperazine rings is 1. The molecule has 1 fully saturated rings. The van der Waals surface area contributed by atoms with Crippen LogP contribution in [0.25, 0.3) is 5.52 Å². The Morgan fingerprint density at radius 2 is 2.04 bits per heavy atom. The average Bonchev–Trinajstić information content (AvgIpc) is 3.30. The van der Waals surface area contributed by atoms with Gasteiger partial charge in [0.15, 0.2) is 5.82 Å². The van der Waals surface area contributed by atoms with Gasteiger partial charge < -0.3 is 9.80 Å². The third kappa shape index (κ3) is 2.98. The van der Waals surface area contributed by atoms with Gasteiger partial charge >= 0.3 is 0 Å². The lowest BCUT2D eigenvalue weighted by molar-refractivity contribution is 0.0751. The van der Waals surface area contributed by atoms with Crippen LogP contribution in [-0.4, -0.2) is 51.6 Å². The Hall–Kier alpha value is -2.41. The van der Waals surface area contributed by atoms with E-state index in [1.807, 2.05) is 40.9 Å². The largest absolute Gasteiger partial charge is 0.351 e. The molecule has 3 aromatic rings. The molecule has 5 rings (SSSR count). The van der Waals surface area contributed by atoms with E-state index in [4.69, 9.17) is 10.1 Å². The summed E-state index contributed by atoms with van der Waals surface area (Å²) < 4.78 is 2.01. The van der Waals surface area contributed by atoms with Crippen molar-refractivity contribution in [3.8, 4) is 0 Å². The molecule has 0 unspecified atom stereocenters. The lowest BCUT2D eigenvalue weighted by Crippen LogP contribution is -2.49. The first kappa shape index (κ1) is 17.7. The number of hydrogen-bond donors (Lipinski definition) is 0. The van der Waals surface area contributed by atoms with E-state index in [0.717, 1.165) is 55.2 Å². The number of fused-ring (bicyclic) bond motifs is 3. The number of rotatable bonds is 2. The number of aromatic nitrogens is 3. The van der Waals surface area contributed by atoms with Gasteiger partial charge in [-0.25, -0.2) is 9.50 Å². The standard InChI is InChI=1S/C21H25N5OS/c1-14-3-5-17-16(13-14)19-20(22-7-8-26(19)23-17)24-9-11-25(12-10-24)21(27)18-6-4-15(2)28-18/h4,6-8,14H,3,5,9-13H2,1-2H3/t14-/m0/s1. The molecular formula is C21H25N5OS. The predicted octanol–water partition coefficient (Wildman–Crippen LogP) is 3.19. The SMILES string of the molecule is Cc1ccc(C(=O)N2CCN(c3nccn4nc5c(c34)C[C@@H](C)CC5)CC2)s1. The van der Waals surface area contributed by atoms with Gasteiger partial charge in [0, 0.05) is 49.0 Å². The molecule has 0 bridgehead atoms. The molecule has 1 saturated heterocycles. The van der Waals surface area contributed by atoms with E-state index in [1.165, 1.54) is 22.6 Å². The molecule has 3 aromatic heterocycles. The predicted molar refractivity (Wildman–Crippen MR) is 111 cm³/mol. The van der Waals surface area contributed by atoms with Crippen LogP contribution < -0.4 is 4.90 Å². The zero-order valence-corrected chi connectivity index (χ0v) is 17.2. The van der Waals surface area contributed by atoms with Crippen molar-refractivity contribution in [3.05, 3.63) is 45.5 Å². The minimum atomic E-state index is 0.152. The molecule has 0 spiro atoms. The Bertz CT molecular complexity index is 1030. The molecule has 4 heterocycles. The molecule has 28 heavy (non-hydrogen) atoms. The molecule has 0 aromatic carbocycles. The fraction of sp³-hybridized carbons (Fsp3) is 0.476. The van der Waals surface area contributed by atoms with E-state index in [9.17, 15) is 4.79 Å². The van der Waals surface area contributed by atoms with Crippen molar-refractivity contribution in [1.82, 2.24) is 19.5 Å². The molecular weight excluding hydrogens is 370 g/mol. The second kappa shape index (κ2) is 6.88. The van der Waals surface area contributed by atoms with Crippen molar-refractivity contribution >= 4 is 28.6 Å². The fourth-order valence-corrected chi connectivity index (χ4v) is 5.23. The van der Waals surface area contributed by atoms with Crippen LogP contribution in [0, 0.1) is 12.8 Å². The van der Waals surface area contributed by atoms with Crippen LogP contribution in [0.4, 0.5) is 5.82 Å². The summed E-state index contributed by atoms with van der Waals surface area (Å²) in [5.41, 5.74) is 3.77. The number of carbonyl (C=O) groups excluding carboxylic acids is 1. The Balaban J connectivity index is 1.39. The average molecular weight is 396 g/mol. The summed E-state index contributed by atoms with van der Waals surface area (Å²) in [6.07, 6.45) is 7.15. The number of thiophene rings is 1. The molecule has 0 radical (unpaired) electrons. The van der Waals surface area contributed by atoms with Crippen LogP contribution in [0.3, 0.4) is 0 Å². The topological polar surface area (TPSA) is 53.7 Å². The van der Waals surface area contributed by atoms with E-state index in [-0.39, 0.29) is 5.91 Å². The molecule has 1 aliphatic carbocycles. The van der Waals surface area contributed by atoms with E-state index < -0.39 is 0 Å². The smallest absolute Gasteiger partial charge is 0.264 e. The first-order chi connectivity index (χ1) is 13.6. The summed E-state index contributed by atoms with van der Waals surface area (Å²) in [5, 5.41) is 4.82. The van der Waals surface area contributed by atoms with Crippen molar-refractivity contribution in [3.63, 3.8) is 0 Å². The molecule has 0 N–H and O–H groups in total. The maximum absolute atomic E-state index is 12.7. The Morgan fingerprint density at radius 3 is 2.79 bits per heavy atom. The van der Waals surface area contributed by atoms with Gasteiger partial charge in [-0.05, 0) is 44.2 Å². The van der Waals surface area contributed by atoms with Gasteiger partial charge in [-0.1, -0.05) is 6.92 Å². The maximum atomic E-state index is 12.7. The van der Waals surface area contributed by atoms with Crippen LogP contribution in [0.5, 0.6) is 0 Å². The molecule has 6 nitrogen and oxygen atoms in total. The summed E-state index contributed by atoms with van der Waals surface area (Å²) in [6.45, 7) is 7.42. The minimum Gasteiger partial charge on any atom is -0.351 e. The molecule has 146 valence electrons. The van der Waals surface area contributed by atoms with E-state index in [1.54, 1.807) is 11.3 Å². The summed E-state index contributed by atoms with van der Waals surface area (Å²) in [4.78, 5) is 23.8. The van der Waals surface area contributed by atoms with Gasteiger partial charge in [0.25, 0.3) is 5.91 Å². The zero-order chi connectivity index (χ0) is 19.3. The van der Waals surface area contributed by atoms with Crippen LogP contribution in [0.2, 0.25) is 0 Å². The lowest BCUT2D eigenvalue weighted by Gasteiger charge is -2.35. The molecule has 0 saturated carbocycles. The van der Waals surface area contributed by atoms with Crippen LogP contribution in [-0.2, 0) is 12.8 Å². The fourth-order valence-electron chi connectivity index (χ4n) is 4.40. The first-order valence-electron chi connectivity index (χ1n) is 10.1. The lowest BCUT2D eigenvalue weighted by atomic mass is 9.88. The highest BCUT2D eigenvalue weighted by molar-refractivity contribution is 7.13. The Morgan fingerprint density at radius 1 is 1.21 bits per heavy atom. The molecule has 7 heteroatoms. The highest BCUT2D eigenvalue weighted by Crippen LogP contribution is 2.32. The van der Waals surface area contributed by atoms with Crippen molar-refractivity contribution < 1.29 is 4.79 Å². The third-order valence-corrected chi connectivity index (χ3v) is 6.94. The van der Waals surface area contributed by atoms with Crippen molar-refractivity contribution in [2.24, 2.45) is 5.92 Å². The highest BCUT2D eigenvalue weighted by atomic mass is 32.1. The monoisotopic (exact) mass is 395 g/mol. The quantitative estimate of drug-likeness (QED) is 0.669. The normalized spacial score (nSPS) is 19.9. The van der Waals surface area contributed by atoms with E-state index in [0.29, 0.717) is 5.92 Å². The number of hydrogen-bond acceptors (Lipinski definition) is 5. The Labute approximate surface area is 168 Å². The van der Waals surface area contributed by atoms with Gasteiger partial charge in [0.1, 0.15) is 5.52 Å². The summed E-state index contributed by atoms with van der Waals surface area (Å²) in [5.74, 6) is 1.86. The van der Waals surface area contributed by atoms with Gasteiger partial charge in [-0.3, -0.25) is 4.79 Å². The summed E-state index contributed by atoms with van der Waals surface area (Å²) in [6, 6.07) is 3.96. The van der Waals surface area contributed by atoms with E-state index >= 15 is 0 Å². The van der Waals surface area contributed by atoms with Crippen LogP contribution in [0.15, 0.2) is 24.5 Å². The van der Waals surface area contributed by atoms with Gasteiger partial charge in [0.05, 0.1) is 10.6 Å². The highest BCUT2D eigenvalue weighted by Gasteiger charge is 2.28. The van der Waals surface area contributed by atoms with Crippen LogP contribution >= 0.6 is 11.3 Å². The summed E-state index contributed by atoms with van der Waals surface area (Å²) in [7, 11) is 0. The Kier molecular flexibility index (Phi) is 4.34. The van der Waals surface area contributed by atoms with Gasteiger partial charge in [0.2, 0.25) is 0 Å². The van der Waals surface area contributed by atoms with Crippen molar-refractivity contribution in [2.45, 2.75) is 33.1 Å². The molecule has 1 amide bonds. The first-order valence-corrected chi connectivity index (χ1v) is 10.9. The molecule has 1 atom stereocenters. The zero-order valence-electron chi connectivity index (χ0n) is 16.4. The maximum Gasteiger partial charge on any atom is 0.264 e. The second-order valence-corrected chi connectivity index (χ2v) is 9.29. The minimum absolute atomic E-state index is 0.152. The van der Waals surface area contributed by atoms with Gasteiger partial charge in [-0.15, -0.1) is 11.3 Å². The van der Waals surface area contributed by atoms with E-state index in [2.05, 4.69) is 11.8 Å². The number of amides is 1. The van der Waals surface area contributed by atoms with Crippen molar-refractivity contribution in [2.75, 3.05) is 31.1 Å². The number of nitrogens with zero attached hydrogens (tertiary/aromatic N) is 5. The molecule has 1 aliphatic heterocycles. The number of carbonyl (C=O) groups is 1. The van der Waals surface area contributed by atoms with Gasteiger partial charge in [-0.2, -0.15) is 5.10 Å². The number of anilines is 1. The second-order valence-electron chi connectivity index (χ2n) is 8.01.